The van der Waals surface area contributed by atoms with Gasteiger partial charge in [0.25, 0.3) is 0 Å². The number of carbonyl (C=O) groups excluding carboxylic acids is 1. The largest absolute Gasteiger partial charge is 0.459 e. The number of esters is 1. The summed E-state index contributed by atoms with van der Waals surface area (Å²) in [5, 5.41) is 0.222. The summed E-state index contributed by atoms with van der Waals surface area (Å²) < 4.78 is 12.7. The van der Waals surface area contributed by atoms with E-state index < -0.39 is 8.32 Å². The Hall–Kier alpha value is -0.353. The molecule has 1 heterocycles. The quantitative estimate of drug-likeness (QED) is 0.505. The Kier molecular flexibility index (Phi) is 4.84. The molecule has 0 spiro atoms. The van der Waals surface area contributed by atoms with E-state index in [-0.39, 0.29) is 28.1 Å². The fourth-order valence-electron chi connectivity index (χ4n) is 4.28. The van der Waals surface area contributed by atoms with Gasteiger partial charge in [0.05, 0.1) is 6.10 Å². The zero-order chi connectivity index (χ0) is 17.7. The molecule has 0 aromatic rings. The van der Waals surface area contributed by atoms with Crippen molar-refractivity contribution in [3.63, 3.8) is 0 Å². The Morgan fingerprint density at radius 1 is 1.17 bits per heavy atom. The minimum Gasteiger partial charge on any atom is -0.459 e. The lowest BCUT2D eigenvalue weighted by Crippen LogP contribution is -2.58. The highest BCUT2D eigenvalue weighted by Crippen LogP contribution is 2.54. The molecule has 0 aromatic carbocycles. The molecule has 3 atom stereocenters. The van der Waals surface area contributed by atoms with Crippen LogP contribution in [-0.4, -0.2) is 26.0 Å². The summed E-state index contributed by atoms with van der Waals surface area (Å²) in [5.74, 6) is 0.361. The van der Waals surface area contributed by atoms with E-state index >= 15 is 0 Å². The lowest BCUT2D eigenvalue weighted by molar-refractivity contribution is -0.183. The van der Waals surface area contributed by atoms with Crippen LogP contribution in [0.15, 0.2) is 0 Å². The second kappa shape index (κ2) is 5.87. The van der Waals surface area contributed by atoms with Crippen molar-refractivity contribution in [2.24, 2.45) is 11.3 Å². The van der Waals surface area contributed by atoms with Gasteiger partial charge in [-0.1, -0.05) is 34.6 Å². The first-order valence-electron chi connectivity index (χ1n) is 9.19. The summed E-state index contributed by atoms with van der Waals surface area (Å²) >= 11 is 0. The van der Waals surface area contributed by atoms with Crippen molar-refractivity contribution in [2.45, 2.75) is 103 Å². The molecule has 2 fully saturated rings. The first-order chi connectivity index (χ1) is 10.3. The van der Waals surface area contributed by atoms with Crippen LogP contribution in [0, 0.1) is 11.3 Å². The summed E-state index contributed by atoms with van der Waals surface area (Å²) in [6.45, 7) is 18.4. The van der Waals surface area contributed by atoms with Crippen LogP contribution in [0.3, 0.4) is 0 Å². The van der Waals surface area contributed by atoms with Crippen molar-refractivity contribution in [1.82, 2.24) is 0 Å². The normalized spacial score (nSPS) is 35.2. The van der Waals surface area contributed by atoms with Gasteiger partial charge in [-0.05, 0) is 56.2 Å². The Balaban J connectivity index is 2.25. The number of rotatable bonds is 2. The SMILES string of the molecule is CC1(C)[C@@H](O[Si](C)(C)C(C)(C)C)CC[C@]2(C)OC(=O)CCC[C@@H]12. The molecule has 1 aliphatic heterocycles. The molecule has 3 nitrogen and oxygen atoms in total. The van der Waals surface area contributed by atoms with E-state index in [4.69, 9.17) is 9.16 Å². The number of hydrogen-bond acceptors (Lipinski definition) is 3. The van der Waals surface area contributed by atoms with Crippen LogP contribution in [-0.2, 0) is 14.0 Å². The highest BCUT2D eigenvalue weighted by atomic mass is 28.4. The van der Waals surface area contributed by atoms with Gasteiger partial charge in [0.2, 0.25) is 0 Å². The molecule has 0 unspecified atom stereocenters. The smallest absolute Gasteiger partial charge is 0.306 e. The fraction of sp³-hybridized carbons (Fsp3) is 0.947. The van der Waals surface area contributed by atoms with Gasteiger partial charge in [-0.15, -0.1) is 0 Å². The number of hydrogen-bond donors (Lipinski definition) is 0. The van der Waals surface area contributed by atoms with Gasteiger partial charge in [0.1, 0.15) is 5.60 Å². The Morgan fingerprint density at radius 3 is 2.35 bits per heavy atom. The maximum atomic E-state index is 11.9. The molecule has 0 radical (unpaired) electrons. The average Bonchev–Trinajstić information content (AvgIpc) is 2.51. The van der Waals surface area contributed by atoms with Crippen LogP contribution in [0.2, 0.25) is 18.1 Å². The summed E-state index contributed by atoms with van der Waals surface area (Å²) in [6.07, 6.45) is 4.74. The number of carbonyl (C=O) groups is 1. The van der Waals surface area contributed by atoms with Gasteiger partial charge in [-0.2, -0.15) is 0 Å². The zero-order valence-corrected chi connectivity index (χ0v) is 17.4. The first kappa shape index (κ1) is 19.0. The molecule has 4 heteroatoms. The molecule has 1 saturated carbocycles. The van der Waals surface area contributed by atoms with Gasteiger partial charge in [0, 0.05) is 12.3 Å². The standard InChI is InChI=1S/C19H36O3Si/c1-17(2,3)23(7,8)22-15-12-13-19(6)14(18(15,4)5)10-9-11-16(20)21-19/h14-15H,9-13H2,1-8H3/t14-,15-,19-/m0/s1. The van der Waals surface area contributed by atoms with E-state index in [9.17, 15) is 4.79 Å². The summed E-state index contributed by atoms with van der Waals surface area (Å²) in [5.41, 5.74) is -0.280. The highest BCUT2D eigenvalue weighted by molar-refractivity contribution is 6.74. The van der Waals surface area contributed by atoms with E-state index in [1.807, 2.05) is 0 Å². The van der Waals surface area contributed by atoms with E-state index in [1.165, 1.54) is 0 Å². The molecule has 0 N–H and O–H groups in total. The summed E-state index contributed by atoms with van der Waals surface area (Å²) in [7, 11) is -1.80. The van der Waals surface area contributed by atoms with Crippen molar-refractivity contribution in [2.75, 3.05) is 0 Å². The van der Waals surface area contributed by atoms with Crippen LogP contribution in [0.4, 0.5) is 0 Å². The predicted octanol–water partition coefficient (Wildman–Crippen LogP) is 5.30. The average molecular weight is 341 g/mol. The molecular formula is C19H36O3Si. The third-order valence-electron chi connectivity index (χ3n) is 6.83. The van der Waals surface area contributed by atoms with Crippen LogP contribution in [0.1, 0.15) is 73.6 Å². The van der Waals surface area contributed by atoms with Gasteiger partial charge in [-0.3, -0.25) is 4.79 Å². The van der Waals surface area contributed by atoms with E-state index in [1.54, 1.807) is 0 Å². The number of ether oxygens (including phenoxy) is 1. The van der Waals surface area contributed by atoms with Crippen molar-refractivity contribution < 1.29 is 14.0 Å². The Bertz CT molecular complexity index is 464. The zero-order valence-electron chi connectivity index (χ0n) is 16.4. The summed E-state index contributed by atoms with van der Waals surface area (Å²) in [6, 6.07) is 0. The third kappa shape index (κ3) is 3.53. The summed E-state index contributed by atoms with van der Waals surface area (Å²) in [4.78, 5) is 11.9. The van der Waals surface area contributed by atoms with Gasteiger partial charge in [0.15, 0.2) is 8.32 Å². The molecule has 0 bridgehead atoms. The molecule has 1 aliphatic carbocycles. The van der Waals surface area contributed by atoms with Crippen molar-refractivity contribution in [3.8, 4) is 0 Å². The van der Waals surface area contributed by atoms with Crippen molar-refractivity contribution in [1.29, 1.82) is 0 Å². The molecule has 1 saturated heterocycles. The number of fused-ring (bicyclic) bond motifs is 1. The van der Waals surface area contributed by atoms with Crippen molar-refractivity contribution in [3.05, 3.63) is 0 Å². The molecule has 2 aliphatic rings. The molecule has 2 rings (SSSR count). The minimum absolute atomic E-state index is 0.0189. The third-order valence-corrected chi connectivity index (χ3v) is 11.3. The Morgan fingerprint density at radius 2 is 1.78 bits per heavy atom. The van der Waals surface area contributed by atoms with Crippen LogP contribution in [0.25, 0.3) is 0 Å². The monoisotopic (exact) mass is 340 g/mol. The molecule has 134 valence electrons. The van der Waals surface area contributed by atoms with Crippen LogP contribution in [0.5, 0.6) is 0 Å². The first-order valence-corrected chi connectivity index (χ1v) is 12.1. The van der Waals surface area contributed by atoms with Crippen molar-refractivity contribution >= 4 is 14.3 Å². The van der Waals surface area contributed by atoms with Gasteiger partial charge < -0.3 is 9.16 Å². The predicted molar refractivity (Wildman–Crippen MR) is 96.9 cm³/mol. The highest BCUT2D eigenvalue weighted by Gasteiger charge is 2.56. The van der Waals surface area contributed by atoms with Crippen LogP contribution < -0.4 is 0 Å². The molecular weight excluding hydrogens is 304 g/mol. The Labute approximate surface area is 143 Å². The van der Waals surface area contributed by atoms with E-state index in [0.29, 0.717) is 12.3 Å². The minimum atomic E-state index is -1.80. The molecule has 23 heavy (non-hydrogen) atoms. The second-order valence-electron chi connectivity index (χ2n) is 9.96. The topological polar surface area (TPSA) is 35.5 Å². The van der Waals surface area contributed by atoms with E-state index in [0.717, 1.165) is 25.7 Å². The fourth-order valence-corrected chi connectivity index (χ4v) is 5.77. The molecule has 0 aromatic heterocycles. The molecule has 0 amide bonds. The van der Waals surface area contributed by atoms with Gasteiger partial charge in [-0.25, -0.2) is 0 Å². The van der Waals surface area contributed by atoms with Crippen LogP contribution >= 0.6 is 0 Å². The lowest BCUT2D eigenvalue weighted by Gasteiger charge is -2.55. The lowest BCUT2D eigenvalue weighted by atomic mass is 9.59. The maximum Gasteiger partial charge on any atom is 0.306 e. The maximum absolute atomic E-state index is 11.9. The second-order valence-corrected chi connectivity index (χ2v) is 14.7. The van der Waals surface area contributed by atoms with E-state index in [2.05, 4.69) is 54.6 Å². The van der Waals surface area contributed by atoms with Gasteiger partial charge >= 0.3 is 5.97 Å².